The van der Waals surface area contributed by atoms with E-state index in [4.69, 9.17) is 0 Å². The zero-order valence-corrected chi connectivity index (χ0v) is 8.31. The van der Waals surface area contributed by atoms with Gasteiger partial charge in [0, 0.05) is 12.6 Å². The van der Waals surface area contributed by atoms with Gasteiger partial charge in [-0.3, -0.25) is 4.90 Å². The van der Waals surface area contributed by atoms with E-state index < -0.39 is 0 Å². The predicted molar refractivity (Wildman–Crippen MR) is 49.6 cm³/mol. The zero-order valence-electron chi connectivity index (χ0n) is 8.31. The molecule has 1 heteroatoms. The summed E-state index contributed by atoms with van der Waals surface area (Å²) in [5, 5.41) is 0. The van der Waals surface area contributed by atoms with E-state index in [0.717, 1.165) is 6.54 Å². The first-order valence-corrected chi connectivity index (χ1v) is 4.33. The van der Waals surface area contributed by atoms with Crippen LogP contribution in [-0.4, -0.2) is 24.5 Å². The lowest BCUT2D eigenvalue weighted by Gasteiger charge is -2.27. The Morgan fingerprint density at radius 1 is 1.45 bits per heavy atom. The van der Waals surface area contributed by atoms with Gasteiger partial charge in [-0.05, 0) is 19.4 Å². The Morgan fingerprint density at radius 2 is 2.00 bits per heavy atom. The Labute approximate surface area is 70.1 Å². The van der Waals surface area contributed by atoms with Crippen molar-refractivity contribution in [3.8, 4) is 0 Å². The van der Waals surface area contributed by atoms with E-state index in [1.54, 1.807) is 5.57 Å². The molecule has 0 aromatic rings. The van der Waals surface area contributed by atoms with Crippen LogP contribution < -0.4 is 0 Å². The van der Waals surface area contributed by atoms with Crippen LogP contribution in [0.1, 0.15) is 27.7 Å². The van der Waals surface area contributed by atoms with Crippen molar-refractivity contribution >= 4 is 0 Å². The van der Waals surface area contributed by atoms with Gasteiger partial charge in [0.1, 0.15) is 0 Å². The molecule has 1 unspecified atom stereocenters. The largest absolute Gasteiger partial charge is 0.296 e. The molecule has 0 amide bonds. The van der Waals surface area contributed by atoms with E-state index in [-0.39, 0.29) is 0 Å². The Bertz CT molecular complexity index is 174. The van der Waals surface area contributed by atoms with Gasteiger partial charge >= 0.3 is 0 Å². The second-order valence-corrected chi connectivity index (χ2v) is 4.53. The van der Waals surface area contributed by atoms with E-state index in [2.05, 4.69) is 45.7 Å². The Kier molecular flexibility index (Phi) is 2.10. The Morgan fingerprint density at radius 3 is 2.18 bits per heavy atom. The number of rotatable bonds is 0. The smallest absolute Gasteiger partial charge is 0.0285 e. The fraction of sp³-hybridized carbons (Fsp3) is 0.800. The number of likely N-dealkylation sites (N-methyl/N-ethyl adjacent to an activating group) is 1. The third-order valence-corrected chi connectivity index (χ3v) is 2.58. The molecule has 11 heavy (non-hydrogen) atoms. The van der Waals surface area contributed by atoms with Gasteiger partial charge in [0.25, 0.3) is 0 Å². The molecule has 0 saturated heterocycles. The molecule has 0 fully saturated rings. The number of nitrogens with zero attached hydrogens (tertiary/aromatic N) is 1. The van der Waals surface area contributed by atoms with Gasteiger partial charge in [0.15, 0.2) is 0 Å². The van der Waals surface area contributed by atoms with Gasteiger partial charge < -0.3 is 0 Å². The molecule has 0 radical (unpaired) electrons. The first-order chi connectivity index (χ1) is 4.93. The summed E-state index contributed by atoms with van der Waals surface area (Å²) in [6.45, 7) is 10.3. The summed E-state index contributed by atoms with van der Waals surface area (Å²) >= 11 is 0. The van der Waals surface area contributed by atoms with Gasteiger partial charge in [-0.25, -0.2) is 0 Å². The van der Waals surface area contributed by atoms with E-state index in [1.165, 1.54) is 0 Å². The van der Waals surface area contributed by atoms with Crippen molar-refractivity contribution in [3.05, 3.63) is 11.6 Å². The summed E-state index contributed by atoms with van der Waals surface area (Å²) in [4.78, 5) is 2.38. The first kappa shape index (κ1) is 8.79. The summed E-state index contributed by atoms with van der Waals surface area (Å²) in [6.07, 6.45) is 2.37. The third-order valence-electron chi connectivity index (χ3n) is 2.58. The van der Waals surface area contributed by atoms with E-state index in [0.29, 0.717) is 11.5 Å². The summed E-state index contributed by atoms with van der Waals surface area (Å²) in [5.41, 5.74) is 1.93. The Balaban J connectivity index is 2.76. The SMILES string of the molecule is CC1C(C(C)(C)C)=CCN1C. The van der Waals surface area contributed by atoms with Crippen LogP contribution in [0.2, 0.25) is 0 Å². The highest BCUT2D eigenvalue weighted by atomic mass is 15.1. The van der Waals surface area contributed by atoms with Crippen molar-refractivity contribution in [2.24, 2.45) is 5.41 Å². The monoisotopic (exact) mass is 153 g/mol. The normalized spacial score (nSPS) is 27.4. The highest BCUT2D eigenvalue weighted by Gasteiger charge is 2.28. The highest BCUT2D eigenvalue weighted by Crippen LogP contribution is 2.32. The fourth-order valence-corrected chi connectivity index (χ4v) is 1.74. The van der Waals surface area contributed by atoms with Crippen LogP contribution in [0.4, 0.5) is 0 Å². The van der Waals surface area contributed by atoms with Crippen LogP contribution in [0.15, 0.2) is 11.6 Å². The molecule has 1 atom stereocenters. The van der Waals surface area contributed by atoms with Crippen LogP contribution in [0.25, 0.3) is 0 Å². The summed E-state index contributed by atoms with van der Waals surface area (Å²) in [5.74, 6) is 0. The van der Waals surface area contributed by atoms with Crippen molar-refractivity contribution in [2.75, 3.05) is 13.6 Å². The molecule has 0 aromatic heterocycles. The van der Waals surface area contributed by atoms with Gasteiger partial charge in [-0.2, -0.15) is 0 Å². The van der Waals surface area contributed by atoms with Crippen molar-refractivity contribution in [3.63, 3.8) is 0 Å². The zero-order chi connectivity index (χ0) is 8.65. The molecule has 0 aliphatic carbocycles. The molecule has 0 N–H and O–H groups in total. The molecule has 1 rings (SSSR count). The minimum atomic E-state index is 0.351. The molecule has 0 bridgehead atoms. The first-order valence-electron chi connectivity index (χ1n) is 4.33. The van der Waals surface area contributed by atoms with Gasteiger partial charge in [0.2, 0.25) is 0 Å². The van der Waals surface area contributed by atoms with Gasteiger partial charge in [-0.15, -0.1) is 0 Å². The van der Waals surface area contributed by atoms with Crippen molar-refractivity contribution < 1.29 is 0 Å². The molecule has 0 saturated carbocycles. The lowest BCUT2D eigenvalue weighted by Crippen LogP contribution is -2.28. The quantitative estimate of drug-likeness (QED) is 0.483. The average molecular weight is 153 g/mol. The van der Waals surface area contributed by atoms with Crippen molar-refractivity contribution in [1.82, 2.24) is 4.90 Å². The predicted octanol–water partition coefficient (Wildman–Crippen LogP) is 2.29. The second kappa shape index (κ2) is 2.63. The van der Waals surface area contributed by atoms with E-state index in [9.17, 15) is 0 Å². The number of hydrogen-bond donors (Lipinski definition) is 0. The summed E-state index contributed by atoms with van der Waals surface area (Å²) in [6, 6.07) is 0.634. The van der Waals surface area contributed by atoms with Crippen molar-refractivity contribution in [2.45, 2.75) is 33.7 Å². The average Bonchev–Trinajstić information content (AvgIpc) is 2.11. The molecular formula is C10H19N. The number of hydrogen-bond acceptors (Lipinski definition) is 1. The molecule has 1 nitrogen and oxygen atoms in total. The maximum atomic E-state index is 2.38. The molecular weight excluding hydrogens is 134 g/mol. The second-order valence-electron chi connectivity index (χ2n) is 4.53. The molecule has 64 valence electrons. The molecule has 1 aliphatic heterocycles. The molecule has 0 spiro atoms. The summed E-state index contributed by atoms with van der Waals surface area (Å²) < 4.78 is 0. The van der Waals surface area contributed by atoms with Crippen LogP contribution in [0.5, 0.6) is 0 Å². The summed E-state index contributed by atoms with van der Waals surface area (Å²) in [7, 11) is 2.18. The maximum absolute atomic E-state index is 2.38. The van der Waals surface area contributed by atoms with Gasteiger partial charge in [0.05, 0.1) is 0 Å². The maximum Gasteiger partial charge on any atom is 0.0285 e. The minimum Gasteiger partial charge on any atom is -0.296 e. The standard InChI is InChI=1S/C10H19N/c1-8-9(10(2,3)4)6-7-11(8)5/h6,8H,7H2,1-5H3. The van der Waals surface area contributed by atoms with Crippen molar-refractivity contribution in [1.29, 1.82) is 0 Å². The van der Waals surface area contributed by atoms with Crippen LogP contribution in [0.3, 0.4) is 0 Å². The van der Waals surface area contributed by atoms with Crippen LogP contribution in [0, 0.1) is 5.41 Å². The lowest BCUT2D eigenvalue weighted by atomic mass is 9.83. The molecule has 1 aliphatic rings. The minimum absolute atomic E-state index is 0.351. The molecule has 1 heterocycles. The van der Waals surface area contributed by atoms with Crippen LogP contribution >= 0.6 is 0 Å². The highest BCUT2D eigenvalue weighted by molar-refractivity contribution is 5.22. The lowest BCUT2D eigenvalue weighted by molar-refractivity contribution is 0.313. The topological polar surface area (TPSA) is 3.24 Å². The molecule has 0 aromatic carbocycles. The van der Waals surface area contributed by atoms with Gasteiger partial charge in [-0.1, -0.05) is 32.4 Å². The van der Waals surface area contributed by atoms with Crippen LogP contribution in [-0.2, 0) is 0 Å². The fourth-order valence-electron chi connectivity index (χ4n) is 1.74. The Hall–Kier alpha value is -0.300. The van der Waals surface area contributed by atoms with E-state index in [1.807, 2.05) is 0 Å². The third kappa shape index (κ3) is 1.64. The van der Waals surface area contributed by atoms with E-state index >= 15 is 0 Å².